The van der Waals surface area contributed by atoms with E-state index in [4.69, 9.17) is 4.74 Å². The molecule has 0 spiro atoms. The minimum atomic E-state index is 0.105. The van der Waals surface area contributed by atoms with Crippen LogP contribution in [0.15, 0.2) is 0 Å². The van der Waals surface area contributed by atoms with Gasteiger partial charge in [-0.15, -0.1) is 0 Å². The van der Waals surface area contributed by atoms with Crippen molar-refractivity contribution in [3.05, 3.63) is 0 Å². The van der Waals surface area contributed by atoms with E-state index in [0.717, 1.165) is 19.1 Å². The summed E-state index contributed by atoms with van der Waals surface area (Å²) in [5, 5.41) is 2.70. The zero-order chi connectivity index (χ0) is 13.8. The van der Waals surface area contributed by atoms with Crippen molar-refractivity contribution in [2.24, 2.45) is 17.8 Å². The van der Waals surface area contributed by atoms with E-state index in [2.05, 4.69) is 24.1 Å². The molecule has 0 aromatic rings. The number of nitrogens with one attached hydrogen (secondary N) is 1. The van der Waals surface area contributed by atoms with Gasteiger partial charge in [-0.2, -0.15) is 0 Å². The van der Waals surface area contributed by atoms with Crippen LogP contribution in [0.2, 0.25) is 0 Å². The Balaban J connectivity index is 1.80. The lowest BCUT2D eigenvalue weighted by molar-refractivity contribution is -0.123. The summed E-state index contributed by atoms with van der Waals surface area (Å²) >= 11 is 0. The zero-order valence-corrected chi connectivity index (χ0v) is 12.5. The quantitative estimate of drug-likeness (QED) is 0.821. The first kappa shape index (κ1) is 14.8. The third kappa shape index (κ3) is 3.93. The molecule has 0 bridgehead atoms. The van der Waals surface area contributed by atoms with Crippen LogP contribution in [0.25, 0.3) is 0 Å². The third-order valence-electron chi connectivity index (χ3n) is 4.57. The van der Waals surface area contributed by atoms with E-state index < -0.39 is 0 Å². The highest BCUT2D eigenvalue weighted by Crippen LogP contribution is 2.35. The van der Waals surface area contributed by atoms with Gasteiger partial charge >= 0.3 is 0 Å². The second-order valence-corrected chi connectivity index (χ2v) is 6.44. The summed E-state index contributed by atoms with van der Waals surface area (Å²) in [5.74, 6) is 2.11. The molecule has 0 unspecified atom stereocenters. The van der Waals surface area contributed by atoms with Gasteiger partial charge in [0.15, 0.2) is 0 Å². The number of fused-ring (bicyclic) bond motifs is 1. The van der Waals surface area contributed by atoms with Gasteiger partial charge in [0.1, 0.15) is 0 Å². The fraction of sp³-hybridized carbons (Fsp3) is 0.933. The van der Waals surface area contributed by atoms with Crippen LogP contribution in [0.1, 0.15) is 33.1 Å². The highest BCUT2D eigenvalue weighted by molar-refractivity contribution is 5.76. The average molecular weight is 268 g/mol. The summed E-state index contributed by atoms with van der Waals surface area (Å²) in [5.41, 5.74) is 0. The largest absolute Gasteiger partial charge is 0.377 e. The molecule has 4 nitrogen and oxygen atoms in total. The van der Waals surface area contributed by atoms with Crippen LogP contribution < -0.4 is 5.32 Å². The predicted octanol–water partition coefficient (Wildman–Crippen LogP) is 1.51. The van der Waals surface area contributed by atoms with Crippen molar-refractivity contribution in [1.29, 1.82) is 0 Å². The van der Waals surface area contributed by atoms with E-state index in [1.807, 2.05) is 0 Å². The number of hydrogen-bond acceptors (Lipinski definition) is 3. The lowest BCUT2D eigenvalue weighted by Crippen LogP contribution is -2.42. The number of carbonyl (C=O) groups excluding carboxylic acids is 1. The standard InChI is InChI=1S/C15H28N2O2/c1-11(2)4-6-17-7-5-13-12(9-17)10-19-14(13)8-15(18)16-3/h11-14H,4-10H2,1-3H3,(H,16,18)/t12-,13-,14+/m1/s1. The van der Waals surface area contributed by atoms with Gasteiger partial charge in [-0.25, -0.2) is 0 Å². The van der Waals surface area contributed by atoms with Crippen molar-refractivity contribution in [1.82, 2.24) is 10.2 Å². The van der Waals surface area contributed by atoms with Crippen molar-refractivity contribution >= 4 is 5.91 Å². The van der Waals surface area contributed by atoms with Gasteiger partial charge in [-0.1, -0.05) is 13.8 Å². The summed E-state index contributed by atoms with van der Waals surface area (Å²) in [6, 6.07) is 0. The van der Waals surface area contributed by atoms with E-state index in [1.165, 1.54) is 25.9 Å². The lowest BCUT2D eigenvalue weighted by atomic mass is 9.83. The topological polar surface area (TPSA) is 41.6 Å². The van der Waals surface area contributed by atoms with Gasteiger partial charge in [-0.3, -0.25) is 4.79 Å². The Labute approximate surface area is 116 Å². The molecule has 2 aliphatic heterocycles. The summed E-state index contributed by atoms with van der Waals surface area (Å²) in [6.45, 7) is 8.93. The first-order valence-electron chi connectivity index (χ1n) is 7.64. The molecule has 2 rings (SSSR count). The fourth-order valence-electron chi connectivity index (χ4n) is 3.30. The molecular formula is C15H28N2O2. The minimum absolute atomic E-state index is 0.105. The summed E-state index contributed by atoms with van der Waals surface area (Å²) in [7, 11) is 1.70. The van der Waals surface area contributed by atoms with Crippen molar-refractivity contribution in [3.63, 3.8) is 0 Å². The molecule has 0 aliphatic carbocycles. The summed E-state index contributed by atoms with van der Waals surface area (Å²) in [4.78, 5) is 14.1. The predicted molar refractivity (Wildman–Crippen MR) is 75.9 cm³/mol. The van der Waals surface area contributed by atoms with Crippen LogP contribution in [0.5, 0.6) is 0 Å². The molecule has 0 aromatic heterocycles. The third-order valence-corrected chi connectivity index (χ3v) is 4.57. The molecule has 2 saturated heterocycles. The van der Waals surface area contributed by atoms with E-state index >= 15 is 0 Å². The van der Waals surface area contributed by atoms with E-state index in [0.29, 0.717) is 18.3 Å². The van der Waals surface area contributed by atoms with Gasteiger partial charge in [0.2, 0.25) is 5.91 Å². The molecule has 110 valence electrons. The second-order valence-electron chi connectivity index (χ2n) is 6.44. The fourth-order valence-corrected chi connectivity index (χ4v) is 3.30. The molecule has 3 atom stereocenters. The van der Waals surface area contributed by atoms with Gasteiger partial charge in [0.25, 0.3) is 0 Å². The molecule has 19 heavy (non-hydrogen) atoms. The van der Waals surface area contributed by atoms with E-state index in [1.54, 1.807) is 7.05 Å². The molecular weight excluding hydrogens is 240 g/mol. The Morgan fingerprint density at radius 2 is 2.26 bits per heavy atom. The molecule has 0 aromatic carbocycles. The van der Waals surface area contributed by atoms with Gasteiger partial charge < -0.3 is 15.0 Å². The number of rotatable bonds is 5. The van der Waals surface area contributed by atoms with Crippen LogP contribution >= 0.6 is 0 Å². The molecule has 1 amide bonds. The van der Waals surface area contributed by atoms with Crippen LogP contribution in [-0.4, -0.2) is 50.2 Å². The highest BCUT2D eigenvalue weighted by Gasteiger charge is 2.41. The monoisotopic (exact) mass is 268 g/mol. The SMILES string of the molecule is CNC(=O)C[C@@H]1OC[C@H]2CN(CCC(C)C)CC[C@H]21. The molecule has 2 aliphatic rings. The number of piperidine rings is 1. The maximum absolute atomic E-state index is 11.5. The van der Waals surface area contributed by atoms with Gasteiger partial charge in [-0.05, 0) is 37.8 Å². The van der Waals surface area contributed by atoms with E-state index in [-0.39, 0.29) is 12.0 Å². The van der Waals surface area contributed by atoms with Crippen LogP contribution in [0, 0.1) is 17.8 Å². The zero-order valence-electron chi connectivity index (χ0n) is 12.5. The smallest absolute Gasteiger partial charge is 0.222 e. The second kappa shape index (κ2) is 6.71. The molecule has 2 heterocycles. The Morgan fingerprint density at radius 3 is 2.95 bits per heavy atom. The van der Waals surface area contributed by atoms with Crippen molar-refractivity contribution in [2.45, 2.75) is 39.2 Å². The Hall–Kier alpha value is -0.610. The normalized spacial score (nSPS) is 31.5. The van der Waals surface area contributed by atoms with E-state index in [9.17, 15) is 4.79 Å². The molecule has 0 radical (unpaired) electrons. The first-order valence-corrected chi connectivity index (χ1v) is 7.64. The van der Waals surface area contributed by atoms with Crippen molar-refractivity contribution in [2.75, 3.05) is 33.3 Å². The van der Waals surface area contributed by atoms with Crippen LogP contribution in [-0.2, 0) is 9.53 Å². The highest BCUT2D eigenvalue weighted by atomic mass is 16.5. The average Bonchev–Trinajstić information content (AvgIpc) is 2.78. The summed E-state index contributed by atoms with van der Waals surface area (Å²) in [6.07, 6.45) is 3.14. The number of ether oxygens (including phenoxy) is 1. The maximum Gasteiger partial charge on any atom is 0.222 e. The molecule has 4 heteroatoms. The molecule has 0 saturated carbocycles. The Bertz CT molecular complexity index is 307. The van der Waals surface area contributed by atoms with Crippen LogP contribution in [0.3, 0.4) is 0 Å². The number of carbonyl (C=O) groups is 1. The number of nitrogens with zero attached hydrogens (tertiary/aromatic N) is 1. The van der Waals surface area contributed by atoms with Crippen molar-refractivity contribution < 1.29 is 9.53 Å². The van der Waals surface area contributed by atoms with Gasteiger partial charge in [0.05, 0.1) is 19.1 Å². The lowest BCUT2D eigenvalue weighted by Gasteiger charge is -2.35. The Morgan fingerprint density at radius 1 is 1.47 bits per heavy atom. The molecule has 1 N–H and O–H groups in total. The van der Waals surface area contributed by atoms with Crippen molar-refractivity contribution in [3.8, 4) is 0 Å². The number of hydrogen-bond donors (Lipinski definition) is 1. The van der Waals surface area contributed by atoms with Gasteiger partial charge in [0, 0.05) is 19.5 Å². The minimum Gasteiger partial charge on any atom is -0.377 e. The maximum atomic E-state index is 11.5. The summed E-state index contributed by atoms with van der Waals surface area (Å²) < 4.78 is 5.86. The van der Waals surface area contributed by atoms with Crippen LogP contribution in [0.4, 0.5) is 0 Å². The number of amides is 1. The first-order chi connectivity index (χ1) is 9.10. The number of likely N-dealkylation sites (tertiary alicyclic amines) is 1. The Kier molecular flexibility index (Phi) is 5.22. The molecule has 2 fully saturated rings.